The summed E-state index contributed by atoms with van der Waals surface area (Å²) >= 11 is 0. The summed E-state index contributed by atoms with van der Waals surface area (Å²) in [6, 6.07) is 5.93. The molecule has 3 aromatic heterocycles. The first kappa shape index (κ1) is 19.3. The highest BCUT2D eigenvalue weighted by Gasteiger charge is 2.35. The second kappa shape index (κ2) is 7.78. The molecule has 1 fully saturated rings. The molecule has 0 aliphatic carbocycles. The van der Waals surface area contributed by atoms with Gasteiger partial charge < -0.3 is 9.64 Å². The molecule has 0 spiro atoms. The van der Waals surface area contributed by atoms with Crippen molar-refractivity contribution in [1.29, 1.82) is 0 Å². The monoisotopic (exact) mass is 404 g/mol. The summed E-state index contributed by atoms with van der Waals surface area (Å²) in [5.41, 5.74) is 0.328. The molecular weight excluding hydrogens is 385 g/mol. The van der Waals surface area contributed by atoms with E-state index in [1.165, 1.54) is 6.20 Å². The second-order valence-electron chi connectivity index (χ2n) is 6.83. The number of anilines is 1. The van der Waals surface area contributed by atoms with E-state index < -0.39 is 11.9 Å². The second-order valence-corrected chi connectivity index (χ2v) is 6.83. The molecule has 1 aliphatic rings. The van der Waals surface area contributed by atoms with Crippen molar-refractivity contribution in [3.8, 4) is 11.5 Å². The maximum atomic E-state index is 13.4. The first-order chi connectivity index (χ1) is 13.9. The Morgan fingerprint density at radius 1 is 1.24 bits per heavy atom. The van der Waals surface area contributed by atoms with Crippen molar-refractivity contribution in [3.05, 3.63) is 54.1 Å². The van der Waals surface area contributed by atoms with E-state index in [0.29, 0.717) is 26.2 Å². The van der Waals surface area contributed by atoms with Crippen LogP contribution in [0.2, 0.25) is 0 Å². The van der Waals surface area contributed by atoms with Gasteiger partial charge in [0.15, 0.2) is 11.5 Å². The number of pyridine rings is 1. The molecule has 0 N–H and O–H groups in total. The fourth-order valence-electron chi connectivity index (χ4n) is 3.16. The van der Waals surface area contributed by atoms with Crippen LogP contribution in [0.15, 0.2) is 42.9 Å². The summed E-state index contributed by atoms with van der Waals surface area (Å²) in [5.74, 6) is 0.152. The fourth-order valence-corrected chi connectivity index (χ4v) is 3.16. The van der Waals surface area contributed by atoms with E-state index in [4.69, 9.17) is 4.74 Å². The average Bonchev–Trinajstić information content (AvgIpc) is 3.12. The molecule has 0 bridgehead atoms. The summed E-state index contributed by atoms with van der Waals surface area (Å²) in [6.07, 6.45) is 0.341. The van der Waals surface area contributed by atoms with Crippen LogP contribution in [0.1, 0.15) is 11.3 Å². The Balaban J connectivity index is 1.62. The number of rotatable bonds is 4. The minimum Gasteiger partial charge on any atom is -0.373 e. The third kappa shape index (κ3) is 4.53. The van der Waals surface area contributed by atoms with Gasteiger partial charge in [-0.15, -0.1) is 0 Å². The lowest BCUT2D eigenvalue weighted by Crippen LogP contribution is -2.45. The van der Waals surface area contributed by atoms with Crippen LogP contribution in [0.5, 0.6) is 0 Å². The molecule has 0 amide bonds. The molecular formula is C19H19F3N6O. The molecule has 3 aromatic rings. The maximum absolute atomic E-state index is 13.4. The molecule has 1 atom stereocenters. The zero-order valence-corrected chi connectivity index (χ0v) is 15.7. The smallest absolute Gasteiger partial charge is 0.373 e. The molecule has 0 aromatic carbocycles. The number of nitrogens with zero attached hydrogens (tertiary/aromatic N) is 6. The highest BCUT2D eigenvalue weighted by atomic mass is 19.4. The van der Waals surface area contributed by atoms with Gasteiger partial charge in [-0.2, -0.15) is 18.3 Å². The lowest BCUT2D eigenvalue weighted by atomic mass is 10.2. The van der Waals surface area contributed by atoms with Gasteiger partial charge in [0.05, 0.1) is 25.5 Å². The Hall–Kier alpha value is -3.01. The van der Waals surface area contributed by atoms with Crippen LogP contribution >= 0.6 is 0 Å². The number of halogens is 3. The summed E-state index contributed by atoms with van der Waals surface area (Å²) in [6.45, 7) is 3.67. The van der Waals surface area contributed by atoms with Crippen LogP contribution in [0.4, 0.5) is 19.0 Å². The van der Waals surface area contributed by atoms with Gasteiger partial charge in [0.25, 0.3) is 0 Å². The minimum atomic E-state index is -4.58. The fraction of sp³-hybridized carbons (Fsp3) is 0.368. The van der Waals surface area contributed by atoms with Crippen LogP contribution in [-0.4, -0.2) is 50.5 Å². The van der Waals surface area contributed by atoms with Crippen LogP contribution in [-0.2, 0) is 17.5 Å². The van der Waals surface area contributed by atoms with Gasteiger partial charge in [0, 0.05) is 31.5 Å². The van der Waals surface area contributed by atoms with Gasteiger partial charge in [-0.05, 0) is 24.6 Å². The van der Waals surface area contributed by atoms with E-state index in [-0.39, 0.29) is 23.4 Å². The predicted octanol–water partition coefficient (Wildman–Crippen LogP) is 2.97. The third-order valence-electron chi connectivity index (χ3n) is 4.51. The van der Waals surface area contributed by atoms with Crippen molar-refractivity contribution in [1.82, 2.24) is 24.7 Å². The molecule has 1 aliphatic heterocycles. The minimum absolute atomic E-state index is 0.0545. The molecule has 0 radical (unpaired) electrons. The standard InChI is InChI=1S/C19H19F3N6O/c1-13-9-24-28(10-13)12-14-11-27(6-7-29-14)17-8-16(19(20,21)22)25-18(26-17)15-4-2-3-5-23-15/h2-5,8-10,14H,6-7,11-12H2,1H3. The SMILES string of the molecule is Cc1cnn(CC2CN(c3cc(C(F)(F)F)nc(-c4ccccn4)n3)CCO2)c1. The van der Waals surface area contributed by atoms with E-state index in [0.717, 1.165) is 11.6 Å². The highest BCUT2D eigenvalue weighted by molar-refractivity contribution is 5.54. The van der Waals surface area contributed by atoms with Crippen LogP contribution < -0.4 is 4.90 Å². The van der Waals surface area contributed by atoms with Crippen molar-refractivity contribution >= 4 is 5.82 Å². The highest BCUT2D eigenvalue weighted by Crippen LogP contribution is 2.31. The number of aromatic nitrogens is 5. The predicted molar refractivity (Wildman–Crippen MR) is 99.2 cm³/mol. The van der Waals surface area contributed by atoms with Crippen molar-refractivity contribution in [3.63, 3.8) is 0 Å². The van der Waals surface area contributed by atoms with E-state index >= 15 is 0 Å². The number of alkyl halides is 3. The summed E-state index contributed by atoms with van der Waals surface area (Å²) in [7, 11) is 0. The van der Waals surface area contributed by atoms with Gasteiger partial charge in [0.2, 0.25) is 0 Å². The first-order valence-corrected chi connectivity index (χ1v) is 9.12. The Morgan fingerprint density at radius 3 is 2.79 bits per heavy atom. The average molecular weight is 404 g/mol. The molecule has 1 saturated heterocycles. The van der Waals surface area contributed by atoms with Crippen LogP contribution in [0.25, 0.3) is 11.5 Å². The van der Waals surface area contributed by atoms with Crippen molar-refractivity contribution in [2.75, 3.05) is 24.6 Å². The van der Waals surface area contributed by atoms with Crippen LogP contribution in [0, 0.1) is 6.92 Å². The third-order valence-corrected chi connectivity index (χ3v) is 4.51. The van der Waals surface area contributed by atoms with Gasteiger partial charge in [-0.25, -0.2) is 9.97 Å². The molecule has 4 rings (SSSR count). The zero-order valence-electron chi connectivity index (χ0n) is 15.7. The van der Waals surface area contributed by atoms with Gasteiger partial charge >= 0.3 is 6.18 Å². The van der Waals surface area contributed by atoms with Gasteiger partial charge in [0.1, 0.15) is 11.5 Å². The molecule has 4 heterocycles. The normalized spacial score (nSPS) is 17.5. The Kier molecular flexibility index (Phi) is 5.18. The van der Waals surface area contributed by atoms with E-state index in [1.54, 1.807) is 34.0 Å². The lowest BCUT2D eigenvalue weighted by Gasteiger charge is -2.34. The largest absolute Gasteiger partial charge is 0.433 e. The van der Waals surface area contributed by atoms with E-state index in [2.05, 4.69) is 20.1 Å². The number of ether oxygens (including phenoxy) is 1. The number of morpholine rings is 1. The molecule has 7 nitrogen and oxygen atoms in total. The van der Waals surface area contributed by atoms with Crippen molar-refractivity contribution < 1.29 is 17.9 Å². The molecule has 10 heteroatoms. The molecule has 0 saturated carbocycles. The first-order valence-electron chi connectivity index (χ1n) is 9.12. The lowest BCUT2D eigenvalue weighted by molar-refractivity contribution is -0.141. The van der Waals surface area contributed by atoms with Crippen LogP contribution in [0.3, 0.4) is 0 Å². The Bertz CT molecular complexity index is 976. The van der Waals surface area contributed by atoms with Crippen molar-refractivity contribution in [2.24, 2.45) is 0 Å². The quantitative estimate of drug-likeness (QED) is 0.666. The number of hydrogen-bond donors (Lipinski definition) is 0. The Labute approximate surface area is 165 Å². The molecule has 152 valence electrons. The summed E-state index contributed by atoms with van der Waals surface area (Å²) in [5, 5.41) is 4.24. The van der Waals surface area contributed by atoms with E-state index in [9.17, 15) is 13.2 Å². The van der Waals surface area contributed by atoms with Gasteiger partial charge in [-0.3, -0.25) is 9.67 Å². The molecule has 29 heavy (non-hydrogen) atoms. The number of hydrogen-bond acceptors (Lipinski definition) is 6. The topological polar surface area (TPSA) is 69.0 Å². The van der Waals surface area contributed by atoms with E-state index in [1.807, 2.05) is 13.1 Å². The Morgan fingerprint density at radius 2 is 2.10 bits per heavy atom. The van der Waals surface area contributed by atoms with Gasteiger partial charge in [-0.1, -0.05) is 6.07 Å². The number of aryl methyl sites for hydroxylation is 1. The summed E-state index contributed by atoms with van der Waals surface area (Å²) in [4.78, 5) is 13.9. The zero-order chi connectivity index (χ0) is 20.4. The summed E-state index contributed by atoms with van der Waals surface area (Å²) < 4.78 is 47.8. The molecule has 1 unspecified atom stereocenters. The maximum Gasteiger partial charge on any atom is 0.433 e. The van der Waals surface area contributed by atoms with Crippen molar-refractivity contribution in [2.45, 2.75) is 25.7 Å².